The van der Waals surface area contributed by atoms with Crippen molar-refractivity contribution in [2.45, 2.75) is 57.9 Å². The molecule has 0 saturated heterocycles. The predicted molar refractivity (Wildman–Crippen MR) is 113 cm³/mol. The summed E-state index contributed by atoms with van der Waals surface area (Å²) in [6, 6.07) is 7.04. The number of hydrogen-bond acceptors (Lipinski definition) is 3. The highest BCUT2D eigenvalue weighted by molar-refractivity contribution is 5.89. The number of carbonyl (C=O) groups is 2. The first kappa shape index (κ1) is 20.0. The van der Waals surface area contributed by atoms with E-state index in [0.29, 0.717) is 24.1 Å². The zero-order chi connectivity index (χ0) is 20.4. The molecule has 1 aromatic carbocycles. The van der Waals surface area contributed by atoms with E-state index in [1.165, 1.54) is 38.5 Å². The van der Waals surface area contributed by atoms with Crippen LogP contribution < -0.4 is 20.7 Å². The van der Waals surface area contributed by atoms with Crippen molar-refractivity contribution in [2.24, 2.45) is 23.2 Å². The van der Waals surface area contributed by atoms with Gasteiger partial charge in [-0.3, -0.25) is 4.79 Å². The maximum Gasteiger partial charge on any atom is 0.319 e. The Morgan fingerprint density at radius 3 is 2.21 bits per heavy atom. The van der Waals surface area contributed by atoms with Gasteiger partial charge in [-0.1, -0.05) is 0 Å². The molecular weight excluding hydrogens is 366 g/mol. The van der Waals surface area contributed by atoms with Crippen LogP contribution in [0.25, 0.3) is 0 Å². The van der Waals surface area contributed by atoms with Crippen molar-refractivity contribution in [3.8, 4) is 5.75 Å². The normalized spacial score (nSPS) is 30.5. The van der Waals surface area contributed by atoms with E-state index >= 15 is 0 Å². The molecule has 4 bridgehead atoms. The molecule has 3 amide bonds. The summed E-state index contributed by atoms with van der Waals surface area (Å²) in [6.45, 7) is 2.51. The second-order valence-corrected chi connectivity index (χ2v) is 9.43. The van der Waals surface area contributed by atoms with Gasteiger partial charge in [0.2, 0.25) is 5.91 Å². The summed E-state index contributed by atoms with van der Waals surface area (Å²) in [7, 11) is 1.60. The van der Waals surface area contributed by atoms with Crippen LogP contribution in [0.15, 0.2) is 24.3 Å². The molecule has 3 N–H and O–H groups in total. The molecule has 6 nitrogen and oxygen atoms in total. The zero-order valence-corrected chi connectivity index (χ0v) is 17.5. The van der Waals surface area contributed by atoms with Crippen LogP contribution in [-0.4, -0.2) is 31.6 Å². The van der Waals surface area contributed by atoms with Crippen LogP contribution >= 0.6 is 0 Å². The molecule has 158 valence electrons. The molecule has 1 aromatic rings. The highest BCUT2D eigenvalue weighted by Crippen LogP contribution is 2.61. The Balaban J connectivity index is 1.19. The van der Waals surface area contributed by atoms with Gasteiger partial charge in [0.15, 0.2) is 0 Å². The highest BCUT2D eigenvalue weighted by Gasteiger charge is 2.53. The third-order valence-corrected chi connectivity index (χ3v) is 7.37. The Kier molecular flexibility index (Phi) is 5.70. The first-order valence-corrected chi connectivity index (χ1v) is 10.9. The molecule has 0 heterocycles. The van der Waals surface area contributed by atoms with Crippen molar-refractivity contribution < 1.29 is 14.3 Å². The molecule has 6 heteroatoms. The molecule has 5 rings (SSSR count). The molecule has 29 heavy (non-hydrogen) atoms. The maximum atomic E-state index is 12.5. The summed E-state index contributed by atoms with van der Waals surface area (Å²) in [5.74, 6) is 3.40. The van der Waals surface area contributed by atoms with Gasteiger partial charge in [0.05, 0.1) is 7.11 Å². The smallest absolute Gasteiger partial charge is 0.319 e. The van der Waals surface area contributed by atoms with Crippen molar-refractivity contribution >= 4 is 17.6 Å². The average molecular weight is 400 g/mol. The summed E-state index contributed by atoms with van der Waals surface area (Å²) in [5.41, 5.74) is 0.993. The van der Waals surface area contributed by atoms with E-state index in [0.717, 1.165) is 23.5 Å². The summed E-state index contributed by atoms with van der Waals surface area (Å²) in [4.78, 5) is 24.5. The van der Waals surface area contributed by atoms with Gasteiger partial charge in [0, 0.05) is 24.7 Å². The second-order valence-electron chi connectivity index (χ2n) is 9.43. The summed E-state index contributed by atoms with van der Waals surface area (Å²) < 4.78 is 5.10. The fourth-order valence-corrected chi connectivity index (χ4v) is 6.31. The SMILES string of the molecule is COc1ccc(NC(=O)NCCC(=O)N[C@H](C)C23CC4CC(CC(C4)C2)C3)cc1. The van der Waals surface area contributed by atoms with E-state index in [-0.39, 0.29) is 18.0 Å². The maximum absolute atomic E-state index is 12.5. The highest BCUT2D eigenvalue weighted by atomic mass is 16.5. The van der Waals surface area contributed by atoms with Crippen LogP contribution in [0.5, 0.6) is 5.75 Å². The van der Waals surface area contributed by atoms with Gasteiger partial charge < -0.3 is 20.7 Å². The topological polar surface area (TPSA) is 79.5 Å². The molecule has 4 aliphatic carbocycles. The van der Waals surface area contributed by atoms with E-state index in [2.05, 4.69) is 22.9 Å². The van der Waals surface area contributed by atoms with Gasteiger partial charge >= 0.3 is 6.03 Å². The van der Waals surface area contributed by atoms with Crippen LogP contribution in [0, 0.1) is 23.2 Å². The Morgan fingerprint density at radius 1 is 1.07 bits per heavy atom. The lowest BCUT2D eigenvalue weighted by Crippen LogP contribution is -2.56. The Morgan fingerprint density at radius 2 is 1.66 bits per heavy atom. The molecule has 0 aliphatic heterocycles. The van der Waals surface area contributed by atoms with Gasteiger partial charge in [-0.25, -0.2) is 4.79 Å². The van der Waals surface area contributed by atoms with Gasteiger partial charge in [0.1, 0.15) is 5.75 Å². The van der Waals surface area contributed by atoms with E-state index in [4.69, 9.17) is 4.74 Å². The molecule has 0 spiro atoms. The minimum Gasteiger partial charge on any atom is -0.497 e. The summed E-state index contributed by atoms with van der Waals surface area (Å²) in [6.07, 6.45) is 8.37. The fraction of sp³-hybridized carbons (Fsp3) is 0.652. The zero-order valence-electron chi connectivity index (χ0n) is 17.5. The number of rotatable bonds is 7. The van der Waals surface area contributed by atoms with Gasteiger partial charge in [-0.2, -0.15) is 0 Å². The first-order chi connectivity index (χ1) is 14.0. The Bertz CT molecular complexity index is 711. The Labute approximate surface area is 173 Å². The molecule has 4 saturated carbocycles. The van der Waals surface area contributed by atoms with Crippen LogP contribution in [0.3, 0.4) is 0 Å². The summed E-state index contributed by atoms with van der Waals surface area (Å²) in [5, 5.41) is 8.77. The van der Waals surface area contributed by atoms with E-state index < -0.39 is 0 Å². The number of carbonyl (C=O) groups excluding carboxylic acids is 2. The lowest BCUT2D eigenvalue weighted by Gasteiger charge is -2.59. The number of urea groups is 1. The number of anilines is 1. The van der Waals surface area contributed by atoms with Crippen molar-refractivity contribution in [1.82, 2.24) is 10.6 Å². The first-order valence-electron chi connectivity index (χ1n) is 10.9. The van der Waals surface area contributed by atoms with E-state index in [9.17, 15) is 9.59 Å². The largest absolute Gasteiger partial charge is 0.497 e. The van der Waals surface area contributed by atoms with Crippen LogP contribution in [0.2, 0.25) is 0 Å². The van der Waals surface area contributed by atoms with E-state index in [1.54, 1.807) is 31.4 Å². The van der Waals surface area contributed by atoms with Gasteiger partial charge in [0.25, 0.3) is 0 Å². The van der Waals surface area contributed by atoms with Crippen LogP contribution in [0.1, 0.15) is 51.9 Å². The molecule has 0 aromatic heterocycles. The number of benzene rings is 1. The minimum atomic E-state index is -0.308. The second kappa shape index (κ2) is 8.25. The summed E-state index contributed by atoms with van der Waals surface area (Å²) >= 11 is 0. The Hall–Kier alpha value is -2.24. The molecular formula is C23H33N3O3. The number of ether oxygens (including phenoxy) is 1. The minimum absolute atomic E-state index is 0.0259. The molecule has 0 unspecified atom stereocenters. The third-order valence-electron chi connectivity index (χ3n) is 7.37. The fourth-order valence-electron chi connectivity index (χ4n) is 6.31. The quantitative estimate of drug-likeness (QED) is 0.650. The number of amides is 3. The van der Waals surface area contributed by atoms with Crippen molar-refractivity contribution in [2.75, 3.05) is 19.0 Å². The van der Waals surface area contributed by atoms with Gasteiger partial charge in [-0.05, 0) is 92.9 Å². The number of hydrogen-bond donors (Lipinski definition) is 3. The molecule has 4 aliphatic rings. The van der Waals surface area contributed by atoms with Crippen molar-refractivity contribution in [3.63, 3.8) is 0 Å². The van der Waals surface area contributed by atoms with Crippen LogP contribution in [0.4, 0.5) is 10.5 Å². The van der Waals surface area contributed by atoms with Crippen molar-refractivity contribution in [1.29, 1.82) is 0 Å². The predicted octanol–water partition coefficient (Wildman–Crippen LogP) is 3.93. The number of methoxy groups -OCH3 is 1. The molecule has 1 atom stereocenters. The van der Waals surface area contributed by atoms with Gasteiger partial charge in [-0.15, -0.1) is 0 Å². The van der Waals surface area contributed by atoms with E-state index in [1.807, 2.05) is 0 Å². The lowest BCUT2D eigenvalue weighted by molar-refractivity contribution is -0.125. The molecule has 4 fully saturated rings. The number of nitrogens with one attached hydrogen (secondary N) is 3. The third kappa shape index (κ3) is 4.51. The molecule has 0 radical (unpaired) electrons. The standard InChI is InChI=1S/C23H33N3O3/c1-15(23-12-16-9-17(13-23)11-18(10-16)14-23)25-21(27)7-8-24-22(28)26-19-3-5-20(29-2)6-4-19/h3-6,15-18H,7-14H2,1-2H3,(H,25,27)(H2,24,26,28)/t15-,16?,17?,18?,23?/m1/s1. The lowest BCUT2D eigenvalue weighted by atomic mass is 9.48. The van der Waals surface area contributed by atoms with Crippen LogP contribution in [-0.2, 0) is 4.79 Å². The van der Waals surface area contributed by atoms with Crippen molar-refractivity contribution in [3.05, 3.63) is 24.3 Å². The average Bonchev–Trinajstić information content (AvgIpc) is 2.67. The monoisotopic (exact) mass is 399 g/mol.